The predicted molar refractivity (Wildman–Crippen MR) is 58.3 cm³/mol. The van der Waals surface area contributed by atoms with E-state index in [2.05, 4.69) is 0 Å². The lowest BCUT2D eigenvalue weighted by Crippen LogP contribution is -2.48. The van der Waals surface area contributed by atoms with Crippen molar-refractivity contribution in [3.05, 3.63) is 11.7 Å². The summed E-state index contributed by atoms with van der Waals surface area (Å²) in [6.45, 7) is 6.86. The molecule has 0 saturated carbocycles. The average molecular weight is 197 g/mol. The van der Waals surface area contributed by atoms with Crippen molar-refractivity contribution in [3.63, 3.8) is 0 Å². The number of nitrogens with one attached hydrogen (secondary N) is 1. The first-order valence-corrected chi connectivity index (χ1v) is 4.40. The van der Waals surface area contributed by atoms with Crippen molar-refractivity contribution >= 4 is 13.7 Å². The van der Waals surface area contributed by atoms with Gasteiger partial charge in [-0.15, -0.1) is 0 Å². The Hall–Kier alpha value is -0.805. The molecular weight excluding hydrogens is 179 g/mol. The zero-order valence-corrected chi connectivity index (χ0v) is 9.16. The molecule has 0 unspecified atom stereocenters. The number of hydrogen-bond acceptors (Lipinski definition) is 4. The van der Waals surface area contributed by atoms with Gasteiger partial charge >= 0.3 is 7.48 Å². The van der Waals surface area contributed by atoms with E-state index in [0.29, 0.717) is 5.47 Å². The van der Waals surface area contributed by atoms with Crippen molar-refractivity contribution in [1.82, 2.24) is 0 Å². The van der Waals surface area contributed by atoms with E-state index in [0.717, 1.165) is 6.21 Å². The van der Waals surface area contributed by atoms with Gasteiger partial charge in [0.25, 0.3) is 0 Å². The maximum Gasteiger partial charge on any atom is 0.333 e. The lowest BCUT2D eigenvalue weighted by atomic mass is 9.83. The van der Waals surface area contributed by atoms with Crippen molar-refractivity contribution in [2.75, 3.05) is 0 Å². The summed E-state index contributed by atoms with van der Waals surface area (Å²) >= 11 is 0. The highest BCUT2D eigenvalue weighted by Gasteiger charge is 2.35. The van der Waals surface area contributed by atoms with Gasteiger partial charge in [0.1, 0.15) is 0 Å². The van der Waals surface area contributed by atoms with E-state index in [1.165, 1.54) is 13.7 Å². The lowest BCUT2D eigenvalue weighted by molar-refractivity contribution is -0.0895. The molecule has 0 amide bonds. The van der Waals surface area contributed by atoms with E-state index < -0.39 is 11.2 Å². The van der Waals surface area contributed by atoms with E-state index in [1.807, 2.05) is 0 Å². The van der Waals surface area contributed by atoms with Gasteiger partial charge in [-0.2, -0.15) is 0 Å². The number of allylic oxidation sites excluding steroid dienone is 1. The lowest BCUT2D eigenvalue weighted by Gasteiger charge is -2.37. The standard InChI is InChI=1S/C9H18BN2O2/c1-8(2,13)9(3,4)14-10-7(5-11)6-12/h5-6,11,13H,12H2,1-4H3/b7-6+,11-5?. The quantitative estimate of drug-likeness (QED) is 0.446. The molecule has 1 radical (unpaired) electrons. The smallest absolute Gasteiger partial charge is 0.333 e. The first-order valence-electron chi connectivity index (χ1n) is 4.40. The van der Waals surface area contributed by atoms with Gasteiger partial charge in [0.05, 0.1) is 11.2 Å². The molecule has 14 heavy (non-hydrogen) atoms. The normalized spacial score (nSPS) is 13.9. The molecular formula is C9H18BN2O2. The van der Waals surface area contributed by atoms with Crippen molar-refractivity contribution in [3.8, 4) is 0 Å². The van der Waals surface area contributed by atoms with Gasteiger partial charge in [0.15, 0.2) is 0 Å². The van der Waals surface area contributed by atoms with E-state index in [9.17, 15) is 5.11 Å². The number of rotatable bonds is 5. The van der Waals surface area contributed by atoms with Crippen LogP contribution in [0.3, 0.4) is 0 Å². The van der Waals surface area contributed by atoms with Crippen LogP contribution in [0.2, 0.25) is 0 Å². The minimum absolute atomic E-state index is 0.460. The Labute approximate surface area is 85.9 Å². The van der Waals surface area contributed by atoms with Crippen LogP contribution >= 0.6 is 0 Å². The van der Waals surface area contributed by atoms with Crippen LogP contribution in [-0.4, -0.2) is 30.0 Å². The van der Waals surface area contributed by atoms with Gasteiger partial charge < -0.3 is 20.9 Å². The van der Waals surface area contributed by atoms with Crippen molar-refractivity contribution in [2.24, 2.45) is 5.73 Å². The molecule has 0 heterocycles. The number of nitrogens with two attached hydrogens (primary N) is 1. The fourth-order valence-corrected chi connectivity index (χ4v) is 0.481. The van der Waals surface area contributed by atoms with Gasteiger partial charge in [0, 0.05) is 6.21 Å². The van der Waals surface area contributed by atoms with Gasteiger partial charge in [-0.1, -0.05) is 0 Å². The van der Waals surface area contributed by atoms with Crippen LogP contribution in [0.4, 0.5) is 0 Å². The molecule has 4 nitrogen and oxygen atoms in total. The van der Waals surface area contributed by atoms with E-state index in [4.69, 9.17) is 15.8 Å². The summed E-state index contributed by atoms with van der Waals surface area (Å²) < 4.78 is 5.36. The zero-order chi connectivity index (χ0) is 11.4. The summed E-state index contributed by atoms with van der Waals surface area (Å²) in [6, 6.07) is 0. The average Bonchev–Trinajstić information content (AvgIpc) is 2.04. The van der Waals surface area contributed by atoms with Crippen LogP contribution in [-0.2, 0) is 4.65 Å². The molecule has 4 N–H and O–H groups in total. The first-order chi connectivity index (χ1) is 6.24. The van der Waals surface area contributed by atoms with Gasteiger partial charge in [-0.25, -0.2) is 0 Å². The van der Waals surface area contributed by atoms with Crippen LogP contribution in [0.5, 0.6) is 0 Å². The second kappa shape index (κ2) is 4.62. The third-order valence-electron chi connectivity index (χ3n) is 2.32. The minimum atomic E-state index is -0.967. The molecule has 0 aliphatic carbocycles. The second-order valence-corrected chi connectivity index (χ2v) is 4.12. The van der Waals surface area contributed by atoms with Crippen LogP contribution in [0.25, 0.3) is 0 Å². The summed E-state index contributed by atoms with van der Waals surface area (Å²) in [5, 5.41) is 16.7. The van der Waals surface area contributed by atoms with Gasteiger partial charge in [0.2, 0.25) is 0 Å². The predicted octanol–water partition coefficient (Wildman–Crippen LogP) is 0.621. The van der Waals surface area contributed by atoms with Gasteiger partial charge in [-0.3, -0.25) is 0 Å². The second-order valence-electron chi connectivity index (χ2n) is 4.12. The van der Waals surface area contributed by atoms with Crippen LogP contribution < -0.4 is 5.73 Å². The van der Waals surface area contributed by atoms with E-state index in [-0.39, 0.29) is 0 Å². The molecule has 0 bridgehead atoms. The highest BCUT2D eigenvalue weighted by molar-refractivity contribution is 6.45. The molecule has 0 aliphatic heterocycles. The van der Waals surface area contributed by atoms with E-state index >= 15 is 0 Å². The molecule has 5 heteroatoms. The van der Waals surface area contributed by atoms with Gasteiger partial charge in [-0.05, 0) is 39.4 Å². The SMILES string of the molecule is CC(C)(O)C(C)(C)O[B]/C(C=N)=C/N. The molecule has 0 aromatic rings. The van der Waals surface area contributed by atoms with E-state index in [1.54, 1.807) is 27.7 Å². The van der Waals surface area contributed by atoms with Crippen molar-refractivity contribution in [2.45, 2.75) is 38.9 Å². The summed E-state index contributed by atoms with van der Waals surface area (Å²) in [5.41, 5.74) is 4.00. The molecule has 0 spiro atoms. The molecule has 0 aromatic heterocycles. The maximum atomic E-state index is 9.75. The van der Waals surface area contributed by atoms with Crippen molar-refractivity contribution in [1.29, 1.82) is 5.41 Å². The van der Waals surface area contributed by atoms with Crippen LogP contribution in [0.15, 0.2) is 11.7 Å². The molecule has 0 fully saturated rings. The largest absolute Gasteiger partial charge is 0.427 e. The Balaban J connectivity index is 4.33. The third-order valence-corrected chi connectivity index (χ3v) is 2.32. The molecule has 79 valence electrons. The Bertz CT molecular complexity index is 231. The monoisotopic (exact) mass is 197 g/mol. The van der Waals surface area contributed by atoms with Crippen LogP contribution in [0, 0.1) is 5.41 Å². The number of aliphatic hydroxyl groups is 1. The minimum Gasteiger partial charge on any atom is -0.427 e. The molecule has 0 saturated heterocycles. The summed E-state index contributed by atoms with van der Waals surface area (Å²) in [6.07, 6.45) is 2.36. The fraction of sp³-hybridized carbons (Fsp3) is 0.667. The Kier molecular flexibility index (Phi) is 4.35. The zero-order valence-electron chi connectivity index (χ0n) is 9.16. The highest BCUT2D eigenvalue weighted by atomic mass is 16.5. The first kappa shape index (κ1) is 13.2. The molecule has 0 atom stereocenters. The topological polar surface area (TPSA) is 79.3 Å². The highest BCUT2D eigenvalue weighted by Crippen LogP contribution is 2.24. The molecule has 0 rings (SSSR count). The fourth-order valence-electron chi connectivity index (χ4n) is 0.481. The Morgan fingerprint density at radius 3 is 2.21 bits per heavy atom. The Morgan fingerprint density at radius 2 is 1.93 bits per heavy atom. The summed E-state index contributed by atoms with van der Waals surface area (Å²) in [5.74, 6) is 0. The molecule has 0 aromatic carbocycles. The van der Waals surface area contributed by atoms with Crippen LogP contribution in [0.1, 0.15) is 27.7 Å². The summed E-state index contributed by atoms with van der Waals surface area (Å²) in [4.78, 5) is 0. The van der Waals surface area contributed by atoms with Crippen molar-refractivity contribution < 1.29 is 9.76 Å². The third kappa shape index (κ3) is 3.51. The number of hydrogen-bond donors (Lipinski definition) is 3. The maximum absolute atomic E-state index is 9.75. The molecule has 0 aliphatic rings. The Morgan fingerprint density at radius 1 is 1.43 bits per heavy atom. The summed E-state index contributed by atoms with van der Waals surface area (Å²) in [7, 11) is 1.37.